The molecule has 5 heteroatoms. The minimum absolute atomic E-state index is 0.0940. The molecule has 0 bridgehead atoms. The van der Waals surface area contributed by atoms with Crippen LogP contribution >= 0.6 is 22.9 Å². The van der Waals surface area contributed by atoms with Crippen molar-refractivity contribution in [2.45, 2.75) is 32.6 Å². The number of benzene rings is 1. The standard InChI is InChI=1S/C14H16ClFN2S/c1-14(2,3)12-11(19-13(17)18-12)7-8-6-9(16)4-5-10(8)15/h4-6H,7H2,1-3H3,(H2,17,18). The van der Waals surface area contributed by atoms with Crippen LogP contribution in [0.3, 0.4) is 0 Å². The van der Waals surface area contributed by atoms with Crippen LogP contribution in [0.2, 0.25) is 5.02 Å². The second-order valence-corrected chi connectivity index (χ2v) is 7.01. The number of rotatable bonds is 2. The van der Waals surface area contributed by atoms with Gasteiger partial charge in [0.1, 0.15) is 5.82 Å². The second kappa shape index (κ2) is 5.10. The van der Waals surface area contributed by atoms with E-state index in [2.05, 4.69) is 25.8 Å². The van der Waals surface area contributed by atoms with Gasteiger partial charge in [0, 0.05) is 21.7 Å². The summed E-state index contributed by atoms with van der Waals surface area (Å²) in [6.07, 6.45) is 0.554. The lowest BCUT2D eigenvalue weighted by molar-refractivity contribution is 0.568. The van der Waals surface area contributed by atoms with Crippen molar-refractivity contribution < 1.29 is 4.39 Å². The Bertz CT molecular complexity index is 602. The molecule has 0 unspecified atom stereocenters. The number of nitrogens with two attached hydrogens (primary N) is 1. The van der Waals surface area contributed by atoms with Crippen molar-refractivity contribution in [1.82, 2.24) is 4.98 Å². The van der Waals surface area contributed by atoms with Crippen LogP contribution in [0.5, 0.6) is 0 Å². The SMILES string of the molecule is CC(C)(C)c1nc(N)sc1Cc1cc(F)ccc1Cl. The van der Waals surface area contributed by atoms with Gasteiger partial charge >= 0.3 is 0 Å². The van der Waals surface area contributed by atoms with E-state index >= 15 is 0 Å². The maximum atomic E-state index is 13.3. The van der Waals surface area contributed by atoms with Crippen LogP contribution in [-0.4, -0.2) is 4.98 Å². The van der Waals surface area contributed by atoms with E-state index in [9.17, 15) is 4.39 Å². The number of hydrogen-bond donors (Lipinski definition) is 1. The highest BCUT2D eigenvalue weighted by molar-refractivity contribution is 7.15. The molecule has 0 saturated heterocycles. The number of thiazole rings is 1. The average molecular weight is 299 g/mol. The van der Waals surface area contributed by atoms with Crippen LogP contribution in [0.4, 0.5) is 9.52 Å². The van der Waals surface area contributed by atoms with Crippen molar-refractivity contribution in [2.24, 2.45) is 0 Å². The third-order valence-electron chi connectivity index (χ3n) is 2.78. The molecule has 1 aromatic carbocycles. The molecule has 0 aliphatic rings. The smallest absolute Gasteiger partial charge is 0.180 e. The summed E-state index contributed by atoms with van der Waals surface area (Å²) < 4.78 is 13.3. The van der Waals surface area contributed by atoms with Gasteiger partial charge in [-0.1, -0.05) is 32.4 Å². The van der Waals surface area contributed by atoms with Crippen LogP contribution in [0.15, 0.2) is 18.2 Å². The molecule has 0 amide bonds. The summed E-state index contributed by atoms with van der Waals surface area (Å²) in [5, 5.41) is 1.10. The number of nitrogens with zero attached hydrogens (tertiary/aromatic N) is 1. The van der Waals surface area contributed by atoms with Crippen molar-refractivity contribution in [3.63, 3.8) is 0 Å². The van der Waals surface area contributed by atoms with E-state index in [1.165, 1.54) is 23.5 Å². The molecule has 0 saturated carbocycles. The molecule has 102 valence electrons. The van der Waals surface area contributed by atoms with Crippen molar-refractivity contribution in [1.29, 1.82) is 0 Å². The molecule has 2 nitrogen and oxygen atoms in total. The van der Waals surface area contributed by atoms with Gasteiger partial charge in [0.2, 0.25) is 0 Å². The minimum Gasteiger partial charge on any atom is -0.375 e. The molecule has 1 heterocycles. The Morgan fingerprint density at radius 1 is 1.37 bits per heavy atom. The van der Waals surface area contributed by atoms with Gasteiger partial charge in [-0.2, -0.15) is 0 Å². The quantitative estimate of drug-likeness (QED) is 0.892. The first-order valence-corrected chi connectivity index (χ1v) is 7.16. The number of nitrogen functional groups attached to an aromatic ring is 1. The predicted octanol–water partition coefficient (Wildman–Crippen LogP) is 4.41. The Kier molecular flexibility index (Phi) is 3.83. The van der Waals surface area contributed by atoms with Crippen molar-refractivity contribution >= 4 is 28.1 Å². The summed E-state index contributed by atoms with van der Waals surface area (Å²) in [4.78, 5) is 5.43. The maximum Gasteiger partial charge on any atom is 0.180 e. The van der Waals surface area contributed by atoms with E-state index < -0.39 is 0 Å². The van der Waals surface area contributed by atoms with Crippen LogP contribution < -0.4 is 5.73 Å². The molecule has 2 N–H and O–H groups in total. The zero-order valence-corrected chi connectivity index (χ0v) is 12.7. The van der Waals surface area contributed by atoms with Crippen LogP contribution in [0.1, 0.15) is 36.9 Å². The average Bonchev–Trinajstić information content (AvgIpc) is 2.65. The second-order valence-electron chi connectivity index (χ2n) is 5.49. The fourth-order valence-electron chi connectivity index (χ4n) is 1.93. The first-order valence-electron chi connectivity index (χ1n) is 5.97. The lowest BCUT2D eigenvalue weighted by Crippen LogP contribution is -2.14. The summed E-state index contributed by atoms with van der Waals surface area (Å²) >= 11 is 7.54. The lowest BCUT2D eigenvalue weighted by atomic mass is 9.90. The highest BCUT2D eigenvalue weighted by Gasteiger charge is 2.23. The van der Waals surface area contributed by atoms with E-state index in [4.69, 9.17) is 17.3 Å². The highest BCUT2D eigenvalue weighted by Crippen LogP contribution is 2.33. The van der Waals surface area contributed by atoms with Gasteiger partial charge in [0.15, 0.2) is 5.13 Å². The fourth-order valence-corrected chi connectivity index (χ4v) is 3.18. The summed E-state index contributed by atoms with van der Waals surface area (Å²) in [6, 6.07) is 4.40. The van der Waals surface area contributed by atoms with E-state index in [1.807, 2.05) is 0 Å². The molecule has 0 radical (unpaired) electrons. The van der Waals surface area contributed by atoms with E-state index in [-0.39, 0.29) is 11.2 Å². The zero-order chi connectivity index (χ0) is 14.2. The summed E-state index contributed by atoms with van der Waals surface area (Å²) in [5.41, 5.74) is 7.42. The highest BCUT2D eigenvalue weighted by atomic mass is 35.5. The Balaban J connectivity index is 2.41. The number of anilines is 1. The Labute approximate surface area is 121 Å². The molecule has 0 atom stereocenters. The van der Waals surface area contributed by atoms with Crippen molar-refractivity contribution in [3.05, 3.63) is 45.2 Å². The molecule has 2 rings (SSSR count). The molecular weight excluding hydrogens is 283 g/mol. The fraction of sp³-hybridized carbons (Fsp3) is 0.357. The Morgan fingerprint density at radius 2 is 2.05 bits per heavy atom. The van der Waals surface area contributed by atoms with Gasteiger partial charge in [-0.25, -0.2) is 9.37 Å². The molecule has 0 fully saturated rings. The van der Waals surface area contributed by atoms with E-state index in [1.54, 1.807) is 6.07 Å². The molecule has 19 heavy (non-hydrogen) atoms. The molecule has 1 aromatic heterocycles. The van der Waals surface area contributed by atoms with Gasteiger partial charge in [-0.05, 0) is 23.8 Å². The Hall–Kier alpha value is -1.13. The van der Waals surface area contributed by atoms with Gasteiger partial charge < -0.3 is 5.73 Å². The van der Waals surface area contributed by atoms with E-state index in [0.29, 0.717) is 16.6 Å². The topological polar surface area (TPSA) is 38.9 Å². The van der Waals surface area contributed by atoms with E-state index in [0.717, 1.165) is 16.1 Å². The summed E-state index contributed by atoms with van der Waals surface area (Å²) in [7, 11) is 0. The van der Waals surface area contributed by atoms with Gasteiger partial charge in [-0.15, -0.1) is 11.3 Å². The minimum atomic E-state index is -0.283. The largest absolute Gasteiger partial charge is 0.375 e. The third-order valence-corrected chi connectivity index (χ3v) is 4.04. The molecule has 2 aromatic rings. The number of hydrogen-bond acceptors (Lipinski definition) is 3. The van der Waals surface area contributed by atoms with Crippen LogP contribution in [0, 0.1) is 5.82 Å². The van der Waals surface area contributed by atoms with Crippen molar-refractivity contribution in [2.75, 3.05) is 5.73 Å². The predicted molar refractivity (Wildman–Crippen MR) is 79.4 cm³/mol. The zero-order valence-electron chi connectivity index (χ0n) is 11.1. The van der Waals surface area contributed by atoms with Gasteiger partial charge in [0.05, 0.1) is 5.69 Å². The summed E-state index contributed by atoms with van der Waals surface area (Å²) in [5.74, 6) is -0.283. The molecule has 0 spiro atoms. The lowest BCUT2D eigenvalue weighted by Gasteiger charge is -2.17. The number of halogens is 2. The third kappa shape index (κ3) is 3.25. The van der Waals surface area contributed by atoms with Crippen LogP contribution in [0.25, 0.3) is 0 Å². The summed E-state index contributed by atoms with van der Waals surface area (Å²) in [6.45, 7) is 6.24. The Morgan fingerprint density at radius 3 is 2.68 bits per heavy atom. The molecule has 0 aliphatic heterocycles. The van der Waals surface area contributed by atoms with Crippen LogP contribution in [-0.2, 0) is 11.8 Å². The van der Waals surface area contributed by atoms with Gasteiger partial charge in [-0.3, -0.25) is 0 Å². The number of aromatic nitrogens is 1. The molecule has 0 aliphatic carbocycles. The maximum absolute atomic E-state index is 13.3. The normalized spacial score (nSPS) is 11.8. The monoisotopic (exact) mass is 298 g/mol. The van der Waals surface area contributed by atoms with Crippen molar-refractivity contribution in [3.8, 4) is 0 Å². The molecular formula is C14H16ClFN2S. The first kappa shape index (κ1) is 14.3. The first-order chi connectivity index (χ1) is 8.77. The van der Waals surface area contributed by atoms with Gasteiger partial charge in [0.25, 0.3) is 0 Å².